The lowest BCUT2D eigenvalue weighted by molar-refractivity contribution is -0.117. The molecule has 0 fully saturated rings. The van der Waals surface area contributed by atoms with E-state index < -0.39 is 0 Å². The molecule has 1 aromatic rings. The zero-order valence-electron chi connectivity index (χ0n) is 13.0. The van der Waals surface area contributed by atoms with Crippen LogP contribution in [0.1, 0.15) is 25.8 Å². The summed E-state index contributed by atoms with van der Waals surface area (Å²) in [7, 11) is 3.16. The SMILES string of the molecule is CCC(CO)NC(=O)/C=C(\C)c1ccc(OC)cc1OC. The van der Waals surface area contributed by atoms with Crippen molar-refractivity contribution in [2.75, 3.05) is 20.8 Å². The van der Waals surface area contributed by atoms with Gasteiger partial charge in [0.1, 0.15) is 11.5 Å². The Labute approximate surface area is 125 Å². The summed E-state index contributed by atoms with van der Waals surface area (Å²) in [6.45, 7) is 3.68. The number of carbonyl (C=O) groups excluding carboxylic acids is 1. The third-order valence-corrected chi connectivity index (χ3v) is 3.24. The Morgan fingerprint density at radius 1 is 1.38 bits per heavy atom. The molecular formula is C16H23NO4. The highest BCUT2D eigenvalue weighted by atomic mass is 16.5. The molecule has 1 aromatic carbocycles. The molecule has 0 heterocycles. The topological polar surface area (TPSA) is 67.8 Å². The number of benzene rings is 1. The van der Waals surface area contributed by atoms with Crippen LogP contribution in [0.4, 0.5) is 0 Å². The van der Waals surface area contributed by atoms with Crippen molar-refractivity contribution in [3.8, 4) is 11.5 Å². The van der Waals surface area contributed by atoms with Crippen molar-refractivity contribution in [3.63, 3.8) is 0 Å². The van der Waals surface area contributed by atoms with Crippen LogP contribution in [0.3, 0.4) is 0 Å². The van der Waals surface area contributed by atoms with E-state index in [1.807, 2.05) is 26.0 Å². The molecule has 0 spiro atoms. The van der Waals surface area contributed by atoms with E-state index in [1.165, 1.54) is 6.08 Å². The van der Waals surface area contributed by atoms with Gasteiger partial charge in [-0.1, -0.05) is 6.92 Å². The maximum Gasteiger partial charge on any atom is 0.244 e. The number of ether oxygens (including phenoxy) is 2. The smallest absolute Gasteiger partial charge is 0.244 e. The third kappa shape index (κ3) is 4.79. The number of nitrogens with one attached hydrogen (secondary N) is 1. The lowest BCUT2D eigenvalue weighted by Crippen LogP contribution is -2.35. The molecule has 0 aromatic heterocycles. The van der Waals surface area contributed by atoms with Gasteiger partial charge in [0.2, 0.25) is 5.91 Å². The van der Waals surface area contributed by atoms with Crippen LogP contribution in [0, 0.1) is 0 Å². The third-order valence-electron chi connectivity index (χ3n) is 3.24. The van der Waals surface area contributed by atoms with Crippen molar-refractivity contribution in [3.05, 3.63) is 29.8 Å². The standard InChI is InChI=1S/C16H23NO4/c1-5-12(10-18)17-16(19)8-11(2)14-7-6-13(20-3)9-15(14)21-4/h6-9,12,18H,5,10H2,1-4H3,(H,17,19)/b11-8+. The number of carbonyl (C=O) groups is 1. The van der Waals surface area contributed by atoms with Crippen molar-refractivity contribution in [1.82, 2.24) is 5.32 Å². The van der Waals surface area contributed by atoms with Crippen LogP contribution < -0.4 is 14.8 Å². The summed E-state index contributed by atoms with van der Waals surface area (Å²) in [6.07, 6.45) is 2.18. The minimum absolute atomic E-state index is 0.0685. The van der Waals surface area contributed by atoms with Crippen LogP contribution in [-0.2, 0) is 4.79 Å². The summed E-state index contributed by atoms with van der Waals surface area (Å²) in [5.74, 6) is 1.11. The fourth-order valence-electron chi connectivity index (χ4n) is 1.92. The number of aliphatic hydroxyl groups is 1. The van der Waals surface area contributed by atoms with Crippen LogP contribution in [0.15, 0.2) is 24.3 Å². The first-order valence-corrected chi connectivity index (χ1v) is 6.87. The van der Waals surface area contributed by atoms with Gasteiger partial charge >= 0.3 is 0 Å². The largest absolute Gasteiger partial charge is 0.497 e. The van der Waals surface area contributed by atoms with E-state index in [-0.39, 0.29) is 18.6 Å². The Balaban J connectivity index is 2.94. The molecule has 0 bridgehead atoms. The summed E-state index contributed by atoms with van der Waals surface area (Å²) < 4.78 is 10.5. The van der Waals surface area contributed by atoms with Crippen LogP contribution >= 0.6 is 0 Å². The van der Waals surface area contributed by atoms with Crippen molar-refractivity contribution in [2.24, 2.45) is 0 Å². The van der Waals surface area contributed by atoms with Crippen molar-refractivity contribution in [2.45, 2.75) is 26.3 Å². The summed E-state index contributed by atoms with van der Waals surface area (Å²) in [6, 6.07) is 5.21. The quantitative estimate of drug-likeness (QED) is 0.755. The summed E-state index contributed by atoms with van der Waals surface area (Å²) in [5.41, 5.74) is 1.60. The molecule has 5 heteroatoms. The van der Waals surface area contributed by atoms with Crippen molar-refractivity contribution < 1.29 is 19.4 Å². The van der Waals surface area contributed by atoms with Gasteiger partial charge in [-0.05, 0) is 31.1 Å². The number of amides is 1. The normalized spacial score (nSPS) is 12.7. The number of hydrogen-bond acceptors (Lipinski definition) is 4. The first-order chi connectivity index (χ1) is 10.0. The van der Waals surface area contributed by atoms with Crippen LogP contribution in [0.2, 0.25) is 0 Å². The molecule has 0 aliphatic carbocycles. The molecule has 1 atom stereocenters. The molecule has 5 nitrogen and oxygen atoms in total. The Morgan fingerprint density at radius 2 is 2.10 bits per heavy atom. The van der Waals surface area contributed by atoms with Gasteiger partial charge < -0.3 is 19.9 Å². The van der Waals surface area contributed by atoms with E-state index >= 15 is 0 Å². The summed E-state index contributed by atoms with van der Waals surface area (Å²) in [5, 5.41) is 11.8. The molecule has 1 rings (SSSR count). The first-order valence-electron chi connectivity index (χ1n) is 6.87. The lowest BCUT2D eigenvalue weighted by Gasteiger charge is -2.14. The van der Waals surface area contributed by atoms with Gasteiger partial charge in [0.25, 0.3) is 0 Å². The highest BCUT2D eigenvalue weighted by Crippen LogP contribution is 2.29. The number of rotatable bonds is 7. The van der Waals surface area contributed by atoms with Crippen molar-refractivity contribution in [1.29, 1.82) is 0 Å². The molecule has 0 saturated heterocycles. The van der Waals surface area contributed by atoms with Crippen LogP contribution in [0.5, 0.6) is 11.5 Å². The van der Waals surface area contributed by atoms with Gasteiger partial charge in [-0.25, -0.2) is 0 Å². The zero-order chi connectivity index (χ0) is 15.8. The van der Waals surface area contributed by atoms with E-state index in [0.29, 0.717) is 17.9 Å². The molecule has 0 radical (unpaired) electrons. The molecule has 21 heavy (non-hydrogen) atoms. The molecule has 1 unspecified atom stereocenters. The fourth-order valence-corrected chi connectivity index (χ4v) is 1.92. The fraction of sp³-hybridized carbons (Fsp3) is 0.438. The van der Waals surface area contributed by atoms with Crippen molar-refractivity contribution >= 4 is 11.5 Å². The second-order valence-electron chi connectivity index (χ2n) is 4.69. The van der Waals surface area contributed by atoms with Gasteiger partial charge in [0, 0.05) is 17.7 Å². The Morgan fingerprint density at radius 3 is 2.62 bits per heavy atom. The minimum atomic E-state index is -0.230. The van der Waals surface area contributed by atoms with Crippen LogP contribution in [0.25, 0.3) is 5.57 Å². The molecular weight excluding hydrogens is 270 g/mol. The second kappa shape index (κ2) is 8.32. The highest BCUT2D eigenvalue weighted by molar-refractivity contribution is 5.95. The average Bonchev–Trinajstić information content (AvgIpc) is 2.51. The van der Waals surface area contributed by atoms with Gasteiger partial charge in [-0.15, -0.1) is 0 Å². The molecule has 0 saturated carbocycles. The number of allylic oxidation sites excluding steroid dienone is 1. The predicted octanol–water partition coefficient (Wildman–Crippen LogP) is 1.99. The molecule has 116 valence electrons. The Hall–Kier alpha value is -2.01. The minimum Gasteiger partial charge on any atom is -0.497 e. The maximum atomic E-state index is 11.9. The van der Waals surface area contributed by atoms with Gasteiger partial charge in [-0.3, -0.25) is 4.79 Å². The van der Waals surface area contributed by atoms with E-state index in [4.69, 9.17) is 14.6 Å². The first kappa shape index (κ1) is 17.0. The van der Waals surface area contributed by atoms with E-state index in [9.17, 15) is 4.79 Å². The zero-order valence-corrected chi connectivity index (χ0v) is 13.0. The van der Waals surface area contributed by atoms with E-state index in [0.717, 1.165) is 11.1 Å². The maximum absolute atomic E-state index is 11.9. The predicted molar refractivity (Wildman–Crippen MR) is 82.5 cm³/mol. The number of aliphatic hydroxyl groups excluding tert-OH is 1. The number of hydrogen-bond donors (Lipinski definition) is 2. The second-order valence-corrected chi connectivity index (χ2v) is 4.69. The van der Waals surface area contributed by atoms with E-state index in [2.05, 4.69) is 5.32 Å². The van der Waals surface area contributed by atoms with E-state index in [1.54, 1.807) is 20.3 Å². The molecule has 1 amide bonds. The van der Waals surface area contributed by atoms with Gasteiger partial charge in [0.05, 0.1) is 26.9 Å². The van der Waals surface area contributed by atoms with Gasteiger partial charge in [0.15, 0.2) is 0 Å². The Kier molecular flexibility index (Phi) is 6.75. The van der Waals surface area contributed by atoms with Gasteiger partial charge in [-0.2, -0.15) is 0 Å². The summed E-state index contributed by atoms with van der Waals surface area (Å²) in [4.78, 5) is 11.9. The lowest BCUT2D eigenvalue weighted by atomic mass is 10.1. The Bertz CT molecular complexity index is 507. The highest BCUT2D eigenvalue weighted by Gasteiger charge is 2.10. The monoisotopic (exact) mass is 293 g/mol. The summed E-state index contributed by atoms with van der Waals surface area (Å²) >= 11 is 0. The molecule has 0 aliphatic rings. The molecule has 0 aliphatic heterocycles. The average molecular weight is 293 g/mol. The number of methoxy groups -OCH3 is 2. The molecule has 2 N–H and O–H groups in total. The van der Waals surface area contributed by atoms with Crippen LogP contribution in [-0.4, -0.2) is 37.9 Å².